The minimum Gasteiger partial charge on any atom is -0.395 e. The van der Waals surface area contributed by atoms with E-state index in [1.165, 1.54) is 5.69 Å². The van der Waals surface area contributed by atoms with E-state index in [1.807, 2.05) is 6.92 Å². The maximum absolute atomic E-state index is 9.22. The Morgan fingerprint density at radius 2 is 1.72 bits per heavy atom. The van der Waals surface area contributed by atoms with Gasteiger partial charge in [0.1, 0.15) is 0 Å². The van der Waals surface area contributed by atoms with Crippen LogP contribution in [0.2, 0.25) is 0 Å². The first kappa shape index (κ1) is 15.0. The van der Waals surface area contributed by atoms with Gasteiger partial charge in [-0.05, 0) is 37.5 Å². The molecule has 0 saturated carbocycles. The minimum absolute atomic E-state index is 0.0680. The molecular formula is C15H26N2O. The number of nitrogens with two attached hydrogens (primary N) is 1. The largest absolute Gasteiger partial charge is 0.395 e. The Bertz CT molecular complexity index is 331. The number of benzene rings is 1. The van der Waals surface area contributed by atoms with E-state index in [0.29, 0.717) is 12.6 Å². The van der Waals surface area contributed by atoms with Gasteiger partial charge in [-0.2, -0.15) is 0 Å². The number of aliphatic hydroxyl groups excluding tert-OH is 1. The number of hydrogen-bond acceptors (Lipinski definition) is 3. The van der Waals surface area contributed by atoms with Crippen molar-refractivity contribution in [2.75, 3.05) is 18.1 Å². The SMILES string of the molecule is CCC(CC)N(CCO)c1ccc(C(C)N)cc1. The minimum atomic E-state index is 0.0680. The third-order valence-electron chi connectivity index (χ3n) is 3.47. The number of rotatable bonds is 7. The van der Waals surface area contributed by atoms with Crippen molar-refractivity contribution in [2.24, 2.45) is 5.73 Å². The molecule has 1 unspecified atom stereocenters. The maximum atomic E-state index is 9.22. The number of aliphatic hydroxyl groups is 1. The third kappa shape index (κ3) is 3.72. The summed E-state index contributed by atoms with van der Waals surface area (Å²) in [7, 11) is 0. The van der Waals surface area contributed by atoms with E-state index in [1.54, 1.807) is 0 Å². The Labute approximate surface area is 111 Å². The summed E-state index contributed by atoms with van der Waals surface area (Å²) in [5.74, 6) is 0. The molecule has 0 bridgehead atoms. The third-order valence-corrected chi connectivity index (χ3v) is 3.47. The molecule has 1 rings (SSSR count). The van der Waals surface area contributed by atoms with Crippen molar-refractivity contribution in [3.8, 4) is 0 Å². The van der Waals surface area contributed by atoms with Crippen molar-refractivity contribution < 1.29 is 5.11 Å². The fraction of sp³-hybridized carbons (Fsp3) is 0.600. The van der Waals surface area contributed by atoms with Crippen molar-refractivity contribution in [2.45, 2.75) is 45.7 Å². The molecule has 0 aliphatic carbocycles. The van der Waals surface area contributed by atoms with Crippen LogP contribution in [0, 0.1) is 0 Å². The summed E-state index contributed by atoms with van der Waals surface area (Å²) in [6.45, 7) is 7.24. The van der Waals surface area contributed by atoms with E-state index >= 15 is 0 Å². The van der Waals surface area contributed by atoms with Crippen LogP contribution in [0.5, 0.6) is 0 Å². The average molecular weight is 250 g/mol. The van der Waals surface area contributed by atoms with Crippen molar-refractivity contribution in [3.63, 3.8) is 0 Å². The van der Waals surface area contributed by atoms with Gasteiger partial charge in [0.2, 0.25) is 0 Å². The Morgan fingerprint density at radius 1 is 1.17 bits per heavy atom. The number of hydrogen-bond donors (Lipinski definition) is 2. The van der Waals surface area contributed by atoms with Crippen molar-refractivity contribution in [1.29, 1.82) is 0 Å². The van der Waals surface area contributed by atoms with Gasteiger partial charge in [-0.25, -0.2) is 0 Å². The predicted octanol–water partition coefficient (Wildman–Crippen LogP) is 2.69. The first-order valence-electron chi connectivity index (χ1n) is 6.87. The molecule has 0 aliphatic rings. The Kier molecular flexibility index (Phi) is 6.16. The molecule has 0 amide bonds. The molecule has 0 fully saturated rings. The standard InChI is InChI=1S/C15H26N2O/c1-4-14(5-2)17(10-11-18)15-8-6-13(7-9-15)12(3)16/h6-9,12,14,18H,4-5,10-11,16H2,1-3H3. The smallest absolute Gasteiger partial charge is 0.0606 e. The van der Waals surface area contributed by atoms with Crippen LogP contribution < -0.4 is 10.6 Å². The second-order valence-electron chi connectivity index (χ2n) is 4.77. The lowest BCUT2D eigenvalue weighted by Gasteiger charge is -2.32. The van der Waals surface area contributed by atoms with E-state index in [9.17, 15) is 5.11 Å². The molecule has 0 spiro atoms. The maximum Gasteiger partial charge on any atom is 0.0606 e. The number of nitrogens with zero attached hydrogens (tertiary/aromatic N) is 1. The highest BCUT2D eigenvalue weighted by Crippen LogP contribution is 2.22. The second kappa shape index (κ2) is 7.39. The summed E-state index contributed by atoms with van der Waals surface area (Å²) >= 11 is 0. The summed E-state index contributed by atoms with van der Waals surface area (Å²) in [4.78, 5) is 2.28. The Morgan fingerprint density at radius 3 is 2.11 bits per heavy atom. The van der Waals surface area contributed by atoms with E-state index in [2.05, 4.69) is 43.0 Å². The fourth-order valence-electron chi connectivity index (χ4n) is 2.33. The van der Waals surface area contributed by atoms with Gasteiger partial charge in [-0.3, -0.25) is 0 Å². The van der Waals surface area contributed by atoms with Gasteiger partial charge in [0.05, 0.1) is 6.61 Å². The number of anilines is 1. The lowest BCUT2D eigenvalue weighted by molar-refractivity contribution is 0.296. The van der Waals surface area contributed by atoms with Gasteiger partial charge >= 0.3 is 0 Å². The summed E-state index contributed by atoms with van der Waals surface area (Å²) in [5.41, 5.74) is 8.17. The highest BCUT2D eigenvalue weighted by Gasteiger charge is 2.15. The lowest BCUT2D eigenvalue weighted by Crippen LogP contribution is -2.36. The molecule has 18 heavy (non-hydrogen) atoms. The Hall–Kier alpha value is -1.06. The molecule has 3 N–H and O–H groups in total. The van der Waals surface area contributed by atoms with Gasteiger partial charge in [-0.15, -0.1) is 0 Å². The zero-order valence-electron chi connectivity index (χ0n) is 11.8. The highest BCUT2D eigenvalue weighted by molar-refractivity contribution is 5.49. The molecule has 1 aromatic rings. The molecule has 1 atom stereocenters. The van der Waals surface area contributed by atoms with Crippen LogP contribution in [-0.4, -0.2) is 24.3 Å². The monoisotopic (exact) mass is 250 g/mol. The summed E-state index contributed by atoms with van der Waals surface area (Å²) < 4.78 is 0. The molecule has 1 aromatic carbocycles. The van der Waals surface area contributed by atoms with E-state index in [0.717, 1.165) is 18.4 Å². The van der Waals surface area contributed by atoms with E-state index in [-0.39, 0.29) is 12.6 Å². The van der Waals surface area contributed by atoms with Crippen LogP contribution in [-0.2, 0) is 0 Å². The van der Waals surface area contributed by atoms with Crippen molar-refractivity contribution in [3.05, 3.63) is 29.8 Å². The zero-order valence-corrected chi connectivity index (χ0v) is 11.8. The van der Waals surface area contributed by atoms with E-state index < -0.39 is 0 Å². The molecule has 0 aliphatic heterocycles. The molecule has 3 nitrogen and oxygen atoms in total. The lowest BCUT2D eigenvalue weighted by atomic mass is 10.1. The van der Waals surface area contributed by atoms with Crippen LogP contribution >= 0.6 is 0 Å². The molecule has 0 radical (unpaired) electrons. The predicted molar refractivity (Wildman–Crippen MR) is 77.8 cm³/mol. The van der Waals surface area contributed by atoms with Crippen LogP contribution in [0.3, 0.4) is 0 Å². The topological polar surface area (TPSA) is 49.5 Å². The fourth-order valence-corrected chi connectivity index (χ4v) is 2.33. The van der Waals surface area contributed by atoms with Gasteiger partial charge in [-0.1, -0.05) is 26.0 Å². The van der Waals surface area contributed by atoms with Crippen molar-refractivity contribution in [1.82, 2.24) is 0 Å². The van der Waals surface area contributed by atoms with Crippen LogP contribution in [0.15, 0.2) is 24.3 Å². The molecule has 0 saturated heterocycles. The quantitative estimate of drug-likeness (QED) is 0.782. The van der Waals surface area contributed by atoms with Gasteiger partial charge in [0.25, 0.3) is 0 Å². The summed E-state index contributed by atoms with van der Waals surface area (Å²) in [6.07, 6.45) is 2.18. The first-order valence-corrected chi connectivity index (χ1v) is 6.87. The van der Waals surface area contributed by atoms with Crippen LogP contribution in [0.25, 0.3) is 0 Å². The first-order chi connectivity index (χ1) is 8.63. The van der Waals surface area contributed by atoms with Gasteiger partial charge in [0, 0.05) is 24.3 Å². The average Bonchev–Trinajstić information content (AvgIpc) is 2.39. The van der Waals surface area contributed by atoms with Gasteiger partial charge < -0.3 is 15.7 Å². The molecule has 102 valence electrons. The normalized spacial score (nSPS) is 12.8. The van der Waals surface area contributed by atoms with Crippen LogP contribution in [0.4, 0.5) is 5.69 Å². The molecular weight excluding hydrogens is 224 g/mol. The molecule has 0 aromatic heterocycles. The van der Waals surface area contributed by atoms with Gasteiger partial charge in [0.15, 0.2) is 0 Å². The summed E-state index contributed by atoms with van der Waals surface area (Å²) in [5, 5.41) is 9.22. The molecule has 0 heterocycles. The van der Waals surface area contributed by atoms with Crippen molar-refractivity contribution >= 4 is 5.69 Å². The summed E-state index contributed by atoms with van der Waals surface area (Å²) in [6, 6.07) is 8.91. The van der Waals surface area contributed by atoms with Crippen LogP contribution in [0.1, 0.15) is 45.2 Å². The second-order valence-corrected chi connectivity index (χ2v) is 4.77. The zero-order chi connectivity index (χ0) is 13.5. The molecule has 3 heteroatoms. The van der Waals surface area contributed by atoms with E-state index in [4.69, 9.17) is 5.73 Å². The highest BCUT2D eigenvalue weighted by atomic mass is 16.3. The Balaban J connectivity index is 2.91.